The van der Waals surface area contributed by atoms with E-state index in [1.54, 1.807) is 0 Å². The molecule has 2 aliphatic rings. The number of halogens is 2. The van der Waals surface area contributed by atoms with Crippen molar-refractivity contribution in [1.29, 1.82) is 0 Å². The lowest BCUT2D eigenvalue weighted by Crippen LogP contribution is -2.42. The molecule has 4 nitrogen and oxygen atoms in total. The minimum atomic E-state index is -1.74. The topological polar surface area (TPSA) is 47.9 Å². The molecule has 0 fully saturated rings. The summed E-state index contributed by atoms with van der Waals surface area (Å²) in [5.74, 6) is 1.82. The number of aliphatic hydroxyl groups excluding tert-OH is 1. The van der Waals surface area contributed by atoms with Crippen LogP contribution in [0.15, 0.2) is 36.4 Å². The molecule has 0 aliphatic carbocycles. The third-order valence-corrected chi connectivity index (χ3v) is 12.0. The van der Waals surface area contributed by atoms with E-state index in [0.29, 0.717) is 13.0 Å². The average Bonchev–Trinajstić information content (AvgIpc) is 2.69. The Morgan fingerprint density at radius 3 is 2.00 bits per heavy atom. The summed E-state index contributed by atoms with van der Waals surface area (Å²) in [6.45, 7) is 12.9. The van der Waals surface area contributed by atoms with Crippen molar-refractivity contribution in [2.24, 2.45) is 0 Å². The van der Waals surface area contributed by atoms with Gasteiger partial charge in [-0.2, -0.15) is 0 Å². The first-order valence-electron chi connectivity index (χ1n) is 10.7. The second-order valence-corrected chi connectivity index (χ2v) is 16.8. The number of hydrogen-bond acceptors (Lipinski definition) is 4. The number of hydrogen-bond donors (Lipinski definition) is 1. The maximum atomic E-state index is 9.60. The minimum absolute atomic E-state index is 0.194. The predicted octanol–water partition coefficient (Wildman–Crippen LogP) is 7.24. The summed E-state index contributed by atoms with van der Waals surface area (Å²) in [5, 5.41) is 9.85. The summed E-state index contributed by atoms with van der Waals surface area (Å²) >= 11 is 4.58. The molecular formula is C24H32I2O4Si. The highest BCUT2D eigenvalue weighted by atomic mass is 127. The summed E-state index contributed by atoms with van der Waals surface area (Å²) in [5.41, 5.74) is 2.15. The van der Waals surface area contributed by atoms with E-state index in [1.807, 2.05) is 18.2 Å². The molecule has 0 bridgehead atoms. The van der Waals surface area contributed by atoms with Gasteiger partial charge in [0.15, 0.2) is 8.32 Å². The molecular weight excluding hydrogens is 634 g/mol. The molecule has 0 saturated heterocycles. The zero-order chi connectivity index (χ0) is 22.8. The van der Waals surface area contributed by atoms with Crippen molar-refractivity contribution >= 4 is 53.5 Å². The number of aliphatic hydroxyl groups is 1. The standard InChI is InChI=1S/C15H23IO2Si.C9H9IO2/c1-15(2,3)19(4,5)18-14-8-9-17-13-7-6-11(16)10-12(13)14;10-6-1-2-9-7(5-6)8(11)3-4-12-9/h6-7,10,14H,8-9H2,1-5H3;1-2,5,8,11H,3-4H2. The molecule has 31 heavy (non-hydrogen) atoms. The molecule has 0 spiro atoms. The maximum absolute atomic E-state index is 9.60. The molecule has 2 aliphatic heterocycles. The van der Waals surface area contributed by atoms with Crippen LogP contribution >= 0.6 is 45.2 Å². The Balaban J connectivity index is 0.000000194. The Hall–Kier alpha value is -0.363. The van der Waals surface area contributed by atoms with Gasteiger partial charge in [-0.15, -0.1) is 0 Å². The normalized spacial score (nSPS) is 20.4. The smallest absolute Gasteiger partial charge is 0.192 e. The first kappa shape index (κ1) is 25.3. The first-order chi connectivity index (χ1) is 14.5. The summed E-state index contributed by atoms with van der Waals surface area (Å²) in [4.78, 5) is 0. The van der Waals surface area contributed by atoms with Crippen LogP contribution in [0.5, 0.6) is 11.5 Å². The number of benzene rings is 2. The van der Waals surface area contributed by atoms with E-state index in [-0.39, 0.29) is 17.2 Å². The van der Waals surface area contributed by atoms with Crippen molar-refractivity contribution in [1.82, 2.24) is 0 Å². The van der Waals surface area contributed by atoms with Crippen LogP contribution in [0.1, 0.15) is 56.9 Å². The van der Waals surface area contributed by atoms with Crippen LogP contribution in [0.25, 0.3) is 0 Å². The van der Waals surface area contributed by atoms with Gasteiger partial charge < -0.3 is 19.0 Å². The van der Waals surface area contributed by atoms with E-state index in [2.05, 4.69) is 97.2 Å². The molecule has 2 aromatic carbocycles. The zero-order valence-electron chi connectivity index (χ0n) is 18.9. The van der Waals surface area contributed by atoms with Gasteiger partial charge in [0.1, 0.15) is 11.5 Å². The molecule has 1 N–H and O–H groups in total. The summed E-state index contributed by atoms with van der Waals surface area (Å²) in [6, 6.07) is 12.2. The predicted molar refractivity (Wildman–Crippen MR) is 145 cm³/mol. The Kier molecular flexibility index (Phi) is 8.37. The SMILES string of the molecule is CC(C)(C)[Si](C)(C)OC1CCOc2ccc(I)cc21.OC1CCOc2ccc(I)cc21. The number of fused-ring (bicyclic) bond motifs is 2. The fourth-order valence-electron chi connectivity index (χ4n) is 3.34. The highest BCUT2D eigenvalue weighted by molar-refractivity contribution is 14.1. The largest absolute Gasteiger partial charge is 0.493 e. The van der Waals surface area contributed by atoms with Crippen LogP contribution in [-0.4, -0.2) is 26.6 Å². The van der Waals surface area contributed by atoms with Crippen LogP contribution in [0.3, 0.4) is 0 Å². The van der Waals surface area contributed by atoms with E-state index < -0.39 is 8.32 Å². The van der Waals surface area contributed by atoms with Crippen LogP contribution in [0, 0.1) is 7.14 Å². The number of ether oxygens (including phenoxy) is 2. The Morgan fingerprint density at radius 2 is 1.42 bits per heavy atom. The molecule has 7 heteroatoms. The van der Waals surface area contributed by atoms with Gasteiger partial charge in [0.25, 0.3) is 0 Å². The maximum Gasteiger partial charge on any atom is 0.192 e. The van der Waals surface area contributed by atoms with Crippen molar-refractivity contribution < 1.29 is 19.0 Å². The van der Waals surface area contributed by atoms with E-state index in [9.17, 15) is 5.11 Å². The molecule has 0 saturated carbocycles. The third kappa shape index (κ3) is 6.36. The van der Waals surface area contributed by atoms with Crippen molar-refractivity contribution in [3.05, 3.63) is 54.7 Å². The summed E-state index contributed by atoms with van der Waals surface area (Å²) in [6.07, 6.45) is 1.51. The lowest BCUT2D eigenvalue weighted by Gasteiger charge is -2.40. The van der Waals surface area contributed by atoms with Gasteiger partial charge in [-0.1, -0.05) is 20.8 Å². The van der Waals surface area contributed by atoms with Gasteiger partial charge in [0.2, 0.25) is 0 Å². The fraction of sp³-hybridized carbons (Fsp3) is 0.500. The molecule has 2 unspecified atom stereocenters. The first-order valence-corrected chi connectivity index (χ1v) is 15.7. The van der Waals surface area contributed by atoms with Crippen LogP contribution < -0.4 is 9.47 Å². The Labute approximate surface area is 214 Å². The second kappa shape index (κ2) is 10.3. The molecule has 4 rings (SSSR count). The third-order valence-electron chi connectivity index (χ3n) is 6.18. The monoisotopic (exact) mass is 666 g/mol. The van der Waals surface area contributed by atoms with E-state index >= 15 is 0 Å². The van der Waals surface area contributed by atoms with Gasteiger partial charge in [-0.05, 0) is 99.7 Å². The molecule has 0 radical (unpaired) electrons. The van der Waals surface area contributed by atoms with Gasteiger partial charge in [0, 0.05) is 31.1 Å². The summed E-state index contributed by atoms with van der Waals surface area (Å²) in [7, 11) is -1.74. The van der Waals surface area contributed by atoms with Gasteiger partial charge in [-0.3, -0.25) is 0 Å². The van der Waals surface area contributed by atoms with Crippen molar-refractivity contribution in [3.8, 4) is 11.5 Å². The lowest BCUT2D eigenvalue weighted by atomic mass is 10.0. The van der Waals surface area contributed by atoms with Crippen LogP contribution in [0.2, 0.25) is 18.1 Å². The molecule has 0 amide bonds. The van der Waals surface area contributed by atoms with Crippen molar-refractivity contribution in [3.63, 3.8) is 0 Å². The minimum Gasteiger partial charge on any atom is -0.493 e. The van der Waals surface area contributed by atoms with Gasteiger partial charge in [0.05, 0.1) is 25.4 Å². The van der Waals surface area contributed by atoms with Crippen molar-refractivity contribution in [2.45, 2.75) is 64.0 Å². The van der Waals surface area contributed by atoms with E-state index in [1.165, 1.54) is 9.13 Å². The Bertz CT molecular complexity index is 911. The molecule has 170 valence electrons. The molecule has 2 atom stereocenters. The van der Waals surface area contributed by atoms with Crippen molar-refractivity contribution in [2.75, 3.05) is 13.2 Å². The Morgan fingerprint density at radius 1 is 0.903 bits per heavy atom. The summed E-state index contributed by atoms with van der Waals surface area (Å²) < 4.78 is 20.1. The average molecular weight is 666 g/mol. The van der Waals surface area contributed by atoms with Crippen LogP contribution in [0.4, 0.5) is 0 Å². The lowest BCUT2D eigenvalue weighted by molar-refractivity contribution is 0.115. The highest BCUT2D eigenvalue weighted by Crippen LogP contribution is 2.43. The van der Waals surface area contributed by atoms with Gasteiger partial charge >= 0.3 is 0 Å². The van der Waals surface area contributed by atoms with Crippen LogP contribution in [-0.2, 0) is 4.43 Å². The number of rotatable bonds is 2. The zero-order valence-corrected chi connectivity index (χ0v) is 24.2. The molecule has 2 aromatic rings. The fourth-order valence-corrected chi connectivity index (χ4v) is 5.68. The molecule has 0 aromatic heterocycles. The molecule has 2 heterocycles. The quantitative estimate of drug-likeness (QED) is 0.271. The second-order valence-electron chi connectivity index (χ2n) is 9.52. The van der Waals surface area contributed by atoms with E-state index in [4.69, 9.17) is 13.9 Å². The highest BCUT2D eigenvalue weighted by Gasteiger charge is 2.40. The van der Waals surface area contributed by atoms with Gasteiger partial charge in [-0.25, -0.2) is 0 Å². The van der Waals surface area contributed by atoms with E-state index in [0.717, 1.165) is 33.7 Å².